The molecule has 0 amide bonds. The lowest BCUT2D eigenvalue weighted by Gasteiger charge is -2.19. The van der Waals surface area contributed by atoms with Crippen LogP contribution in [0.4, 0.5) is 0 Å². The minimum atomic E-state index is -0.0909. The van der Waals surface area contributed by atoms with E-state index < -0.39 is 0 Å². The van der Waals surface area contributed by atoms with Crippen molar-refractivity contribution in [1.82, 2.24) is 4.90 Å². The molecule has 0 saturated carbocycles. The van der Waals surface area contributed by atoms with Crippen LogP contribution >= 0.6 is 0 Å². The molecule has 222 valence electrons. The molecule has 0 radical (unpaired) electrons. The van der Waals surface area contributed by atoms with E-state index in [9.17, 15) is 9.59 Å². The quantitative estimate of drug-likeness (QED) is 0.0629. The zero-order valence-corrected chi connectivity index (χ0v) is 25.7. The van der Waals surface area contributed by atoms with Gasteiger partial charge in [0.25, 0.3) is 0 Å². The molecule has 38 heavy (non-hydrogen) atoms. The van der Waals surface area contributed by atoms with Gasteiger partial charge in [-0.2, -0.15) is 0 Å². The van der Waals surface area contributed by atoms with Crippen molar-refractivity contribution in [2.24, 2.45) is 5.92 Å². The van der Waals surface area contributed by atoms with Crippen molar-refractivity contribution in [2.45, 2.75) is 142 Å². The molecular formula is C33H61NO4. The highest BCUT2D eigenvalue weighted by molar-refractivity contribution is 5.69. The molecule has 0 aliphatic carbocycles. The van der Waals surface area contributed by atoms with E-state index in [1.165, 1.54) is 71.3 Å². The summed E-state index contributed by atoms with van der Waals surface area (Å²) in [5.41, 5.74) is 0. The van der Waals surface area contributed by atoms with Gasteiger partial charge < -0.3 is 14.4 Å². The van der Waals surface area contributed by atoms with Gasteiger partial charge in [-0.1, -0.05) is 76.2 Å². The van der Waals surface area contributed by atoms with Crippen molar-refractivity contribution >= 4 is 11.9 Å². The topological polar surface area (TPSA) is 55.8 Å². The van der Waals surface area contributed by atoms with Gasteiger partial charge >= 0.3 is 11.9 Å². The SMILES string of the molecule is C/C=C/C(C)CCC(CCCCCCCC/C=C\CCCCCCCC(=O)OC)OC(=O)CCCN(C)C. The molecule has 0 saturated heterocycles. The van der Waals surface area contributed by atoms with Crippen LogP contribution in [-0.2, 0) is 19.1 Å². The maximum absolute atomic E-state index is 12.3. The molecule has 0 fully saturated rings. The lowest BCUT2D eigenvalue weighted by Crippen LogP contribution is -2.20. The van der Waals surface area contributed by atoms with E-state index in [-0.39, 0.29) is 18.0 Å². The van der Waals surface area contributed by atoms with E-state index in [1.807, 2.05) is 14.1 Å². The van der Waals surface area contributed by atoms with E-state index in [1.54, 1.807) is 0 Å². The Bertz CT molecular complexity index is 614. The zero-order valence-electron chi connectivity index (χ0n) is 25.7. The number of methoxy groups -OCH3 is 1. The predicted octanol–water partition coefficient (Wildman–Crippen LogP) is 8.81. The first-order valence-corrected chi connectivity index (χ1v) is 15.6. The largest absolute Gasteiger partial charge is 0.469 e. The lowest BCUT2D eigenvalue weighted by atomic mass is 9.98. The van der Waals surface area contributed by atoms with Crippen molar-refractivity contribution in [2.75, 3.05) is 27.7 Å². The van der Waals surface area contributed by atoms with Crippen molar-refractivity contribution in [3.05, 3.63) is 24.3 Å². The van der Waals surface area contributed by atoms with Crippen molar-refractivity contribution in [3.63, 3.8) is 0 Å². The molecule has 0 aromatic carbocycles. The van der Waals surface area contributed by atoms with Gasteiger partial charge in [0.2, 0.25) is 0 Å². The number of rotatable bonds is 26. The van der Waals surface area contributed by atoms with Crippen molar-refractivity contribution in [3.8, 4) is 0 Å². The van der Waals surface area contributed by atoms with Crippen LogP contribution in [0.3, 0.4) is 0 Å². The summed E-state index contributed by atoms with van der Waals surface area (Å²) in [6, 6.07) is 0. The number of esters is 2. The second kappa shape index (κ2) is 27.0. The minimum absolute atomic E-state index is 0.0285. The third kappa shape index (κ3) is 26.0. The Labute approximate surface area is 235 Å². The molecule has 0 aromatic heterocycles. The molecular weight excluding hydrogens is 474 g/mol. The highest BCUT2D eigenvalue weighted by atomic mass is 16.5. The fourth-order valence-electron chi connectivity index (χ4n) is 4.66. The van der Waals surface area contributed by atoms with Gasteiger partial charge in [0.1, 0.15) is 6.10 Å². The maximum Gasteiger partial charge on any atom is 0.306 e. The fraction of sp³-hybridized carbons (Fsp3) is 0.818. The third-order valence-electron chi connectivity index (χ3n) is 7.04. The number of ether oxygens (including phenoxy) is 2. The summed E-state index contributed by atoms with van der Waals surface area (Å²) >= 11 is 0. The number of carbonyl (C=O) groups is 2. The molecule has 0 bridgehead atoms. The summed E-state index contributed by atoms with van der Waals surface area (Å²) in [7, 11) is 5.53. The Hall–Kier alpha value is -1.62. The van der Waals surface area contributed by atoms with Crippen LogP contribution in [0.15, 0.2) is 24.3 Å². The molecule has 5 heteroatoms. The van der Waals surface area contributed by atoms with Gasteiger partial charge in [-0.15, -0.1) is 0 Å². The van der Waals surface area contributed by atoms with E-state index in [2.05, 4.69) is 47.8 Å². The second-order valence-electron chi connectivity index (χ2n) is 11.2. The van der Waals surface area contributed by atoms with Crippen LogP contribution in [0, 0.1) is 5.92 Å². The Morgan fingerprint density at radius 3 is 1.84 bits per heavy atom. The van der Waals surface area contributed by atoms with Crippen molar-refractivity contribution < 1.29 is 19.1 Å². The molecule has 0 rings (SSSR count). The molecule has 0 heterocycles. The summed E-state index contributed by atoms with van der Waals surface area (Å²) < 4.78 is 10.6. The highest BCUT2D eigenvalue weighted by Gasteiger charge is 2.15. The Kier molecular flexibility index (Phi) is 25.8. The van der Waals surface area contributed by atoms with Gasteiger partial charge in [-0.05, 0) is 97.7 Å². The summed E-state index contributed by atoms with van der Waals surface area (Å²) in [5, 5.41) is 0. The molecule has 0 aliphatic heterocycles. The van der Waals surface area contributed by atoms with E-state index in [4.69, 9.17) is 4.74 Å². The minimum Gasteiger partial charge on any atom is -0.469 e. The van der Waals surface area contributed by atoms with Crippen LogP contribution in [-0.4, -0.2) is 50.7 Å². The number of hydrogen-bond acceptors (Lipinski definition) is 5. The van der Waals surface area contributed by atoms with Gasteiger partial charge in [0, 0.05) is 12.8 Å². The molecule has 5 nitrogen and oxygen atoms in total. The monoisotopic (exact) mass is 535 g/mol. The van der Waals surface area contributed by atoms with Gasteiger partial charge in [0.15, 0.2) is 0 Å². The first-order chi connectivity index (χ1) is 18.4. The van der Waals surface area contributed by atoms with Gasteiger partial charge in [-0.25, -0.2) is 0 Å². The molecule has 2 unspecified atom stereocenters. The number of allylic oxidation sites excluding steroid dienone is 4. The number of nitrogens with zero attached hydrogens (tertiary/aromatic N) is 1. The Balaban J connectivity index is 3.84. The summed E-state index contributed by atoms with van der Waals surface area (Å²) in [6.07, 6.45) is 29.8. The molecule has 0 N–H and O–H groups in total. The average Bonchev–Trinajstić information content (AvgIpc) is 2.88. The summed E-state index contributed by atoms with van der Waals surface area (Å²) in [4.78, 5) is 25.5. The first-order valence-electron chi connectivity index (χ1n) is 15.6. The normalized spacial score (nSPS) is 13.4. The van der Waals surface area contributed by atoms with Crippen LogP contribution < -0.4 is 0 Å². The number of unbranched alkanes of at least 4 members (excludes halogenated alkanes) is 11. The Morgan fingerprint density at radius 1 is 0.711 bits per heavy atom. The third-order valence-corrected chi connectivity index (χ3v) is 7.04. The summed E-state index contributed by atoms with van der Waals surface area (Å²) in [6.45, 7) is 5.23. The second-order valence-corrected chi connectivity index (χ2v) is 11.2. The van der Waals surface area contributed by atoms with Crippen LogP contribution in [0.5, 0.6) is 0 Å². The lowest BCUT2D eigenvalue weighted by molar-refractivity contribution is -0.150. The molecule has 0 spiro atoms. The average molecular weight is 536 g/mol. The smallest absolute Gasteiger partial charge is 0.306 e. The van der Waals surface area contributed by atoms with Gasteiger partial charge in [-0.3, -0.25) is 9.59 Å². The molecule has 0 aliphatic rings. The van der Waals surface area contributed by atoms with Crippen molar-refractivity contribution in [1.29, 1.82) is 0 Å². The predicted molar refractivity (Wildman–Crippen MR) is 161 cm³/mol. The van der Waals surface area contributed by atoms with Gasteiger partial charge in [0.05, 0.1) is 7.11 Å². The Morgan fingerprint density at radius 2 is 1.26 bits per heavy atom. The molecule has 2 atom stereocenters. The maximum atomic E-state index is 12.3. The van der Waals surface area contributed by atoms with Crippen LogP contribution in [0.2, 0.25) is 0 Å². The number of carbonyl (C=O) groups excluding carboxylic acids is 2. The molecule has 0 aromatic rings. The van der Waals surface area contributed by atoms with E-state index in [0.29, 0.717) is 18.8 Å². The van der Waals surface area contributed by atoms with E-state index >= 15 is 0 Å². The van der Waals surface area contributed by atoms with Crippen LogP contribution in [0.1, 0.15) is 136 Å². The van der Waals surface area contributed by atoms with E-state index in [0.717, 1.165) is 51.5 Å². The standard InChI is InChI=1S/C33H61NO4/c1-6-23-30(2)27-28-31(38-33(36)26-22-29-34(3)4)24-20-18-16-14-12-10-8-7-9-11-13-15-17-19-21-25-32(35)37-5/h6-7,9,23,30-31H,8,10-22,24-29H2,1-5H3/b9-7-,23-6+. The zero-order chi connectivity index (χ0) is 28.3. The fourth-order valence-corrected chi connectivity index (χ4v) is 4.66. The number of hydrogen-bond donors (Lipinski definition) is 0. The summed E-state index contributed by atoms with van der Waals surface area (Å²) in [5.74, 6) is 0.416. The first kappa shape index (κ1) is 36.4. The van der Waals surface area contributed by atoms with Crippen LogP contribution in [0.25, 0.3) is 0 Å². The highest BCUT2D eigenvalue weighted by Crippen LogP contribution is 2.19.